The van der Waals surface area contributed by atoms with Crippen LogP contribution in [0.25, 0.3) is 0 Å². The summed E-state index contributed by atoms with van der Waals surface area (Å²) in [6.07, 6.45) is 4.56. The van der Waals surface area contributed by atoms with E-state index in [2.05, 4.69) is 134 Å². The fourth-order valence-corrected chi connectivity index (χ4v) is 12.0. The molecule has 3 rings (SSSR count). The molecule has 0 N–H and O–H groups in total. The van der Waals surface area contributed by atoms with E-state index in [1.165, 1.54) is 10.4 Å². The highest BCUT2D eigenvalue weighted by Crippen LogP contribution is 2.41. The number of carbonyl (C=O) groups excluding carboxylic acids is 1. The maximum atomic E-state index is 12.5. The van der Waals surface area contributed by atoms with E-state index in [4.69, 9.17) is 23.1 Å². The quantitative estimate of drug-likeness (QED) is 0.119. The average Bonchev–Trinajstić information content (AvgIpc) is 3.28. The smallest absolute Gasteiger partial charge is 0.311 e. The Bertz CT molecular complexity index is 1300. The van der Waals surface area contributed by atoms with E-state index >= 15 is 0 Å². The highest BCUT2D eigenvalue weighted by atomic mass is 28.4. The molecule has 1 heterocycles. The molecule has 0 spiro atoms. The van der Waals surface area contributed by atoms with Crippen molar-refractivity contribution in [2.75, 3.05) is 6.61 Å². The van der Waals surface area contributed by atoms with Crippen molar-refractivity contribution in [2.24, 2.45) is 5.41 Å². The lowest BCUT2D eigenvalue weighted by molar-refractivity contribution is -0.157. The van der Waals surface area contributed by atoms with Crippen molar-refractivity contribution in [3.63, 3.8) is 0 Å². The van der Waals surface area contributed by atoms with Crippen LogP contribution in [0.3, 0.4) is 0 Å². The number of carbonyl (C=O) groups is 1. The van der Waals surface area contributed by atoms with Crippen LogP contribution in [0.15, 0.2) is 72.8 Å². The van der Waals surface area contributed by atoms with Crippen molar-refractivity contribution < 1.29 is 27.9 Å². The minimum atomic E-state index is -2.69. The monoisotopic (exact) mass is 696 g/mol. The van der Waals surface area contributed by atoms with Crippen LogP contribution in [-0.2, 0) is 27.9 Å². The van der Waals surface area contributed by atoms with Crippen molar-refractivity contribution in [1.82, 2.24) is 0 Å². The van der Waals surface area contributed by atoms with Crippen molar-refractivity contribution in [3.05, 3.63) is 72.8 Å². The van der Waals surface area contributed by atoms with Gasteiger partial charge in [0.15, 0.2) is 14.1 Å². The lowest BCUT2D eigenvalue weighted by Crippen LogP contribution is -2.67. The largest absolute Gasteiger partial charge is 0.465 e. The molecule has 0 bridgehead atoms. The van der Waals surface area contributed by atoms with E-state index in [0.717, 1.165) is 0 Å². The van der Waals surface area contributed by atoms with Gasteiger partial charge in [0.05, 0.1) is 24.2 Å². The Morgan fingerprint density at radius 1 is 0.833 bits per heavy atom. The lowest BCUT2D eigenvalue weighted by atomic mass is 9.97. The van der Waals surface area contributed by atoms with E-state index in [0.29, 0.717) is 12.8 Å². The van der Waals surface area contributed by atoms with Gasteiger partial charge in [-0.1, -0.05) is 114 Å². The number of hydrogen-bond donors (Lipinski definition) is 0. The molecule has 268 valence electrons. The summed E-state index contributed by atoms with van der Waals surface area (Å²) in [5.41, 5.74) is -0.560. The van der Waals surface area contributed by atoms with E-state index in [1.54, 1.807) is 0 Å². The van der Waals surface area contributed by atoms with E-state index < -0.39 is 27.8 Å². The molecule has 1 saturated heterocycles. The molecule has 0 radical (unpaired) electrons. The van der Waals surface area contributed by atoms with Gasteiger partial charge in [-0.3, -0.25) is 4.79 Å². The molecule has 1 aliphatic heterocycles. The lowest BCUT2D eigenvalue weighted by Gasteiger charge is -2.44. The molecule has 1 fully saturated rings. The highest BCUT2D eigenvalue weighted by molar-refractivity contribution is 6.99. The first-order valence-corrected chi connectivity index (χ1v) is 22.5. The van der Waals surface area contributed by atoms with Crippen LogP contribution in [0, 0.1) is 5.41 Å². The first kappa shape index (κ1) is 40.4. The predicted octanol–water partition coefficient (Wildman–Crippen LogP) is 8.79. The Hall–Kier alpha value is -2.08. The van der Waals surface area contributed by atoms with Crippen molar-refractivity contribution >= 4 is 33.0 Å². The molecule has 6 nitrogen and oxygen atoms in total. The SMILES string of the molecule is CC(C/C=C\C(O[Si](C)(C)C(C)(C)C)[C@H]1OC(C)(C)O[C@H]1CCOC(=O)C(C)(C)C)O[Si](c1ccccc1)(c1ccccc1)C(C)(C)C. The summed E-state index contributed by atoms with van der Waals surface area (Å²) in [5.74, 6) is -1.01. The van der Waals surface area contributed by atoms with Gasteiger partial charge >= 0.3 is 5.97 Å². The Morgan fingerprint density at radius 3 is 1.81 bits per heavy atom. The van der Waals surface area contributed by atoms with Gasteiger partial charge in [0.2, 0.25) is 0 Å². The first-order chi connectivity index (χ1) is 22.0. The minimum Gasteiger partial charge on any atom is -0.465 e. The molecule has 2 aromatic rings. The van der Waals surface area contributed by atoms with Crippen molar-refractivity contribution in [3.8, 4) is 0 Å². The van der Waals surface area contributed by atoms with Crippen LogP contribution in [0.2, 0.25) is 23.2 Å². The topological polar surface area (TPSA) is 63.2 Å². The van der Waals surface area contributed by atoms with Gasteiger partial charge in [-0.05, 0) is 81.5 Å². The van der Waals surface area contributed by atoms with E-state index in [-0.39, 0.29) is 47.1 Å². The zero-order valence-corrected chi connectivity index (χ0v) is 34.3. The van der Waals surface area contributed by atoms with Crippen LogP contribution < -0.4 is 10.4 Å². The number of esters is 1. The summed E-state index contributed by atoms with van der Waals surface area (Å²) in [4.78, 5) is 12.5. The first-order valence-electron chi connectivity index (χ1n) is 17.7. The number of ether oxygens (including phenoxy) is 3. The Balaban J connectivity index is 1.92. The van der Waals surface area contributed by atoms with Gasteiger partial charge in [0.25, 0.3) is 8.32 Å². The average molecular weight is 697 g/mol. The van der Waals surface area contributed by atoms with Gasteiger partial charge < -0.3 is 23.1 Å². The molecule has 2 aromatic carbocycles. The van der Waals surface area contributed by atoms with Crippen LogP contribution in [0.4, 0.5) is 0 Å². The Morgan fingerprint density at radius 2 is 1.35 bits per heavy atom. The fraction of sp³-hybridized carbons (Fsp3) is 0.625. The standard InChI is InChI=1S/C40H64O6Si2/c1-30(45-48(39(8,9)10,31-23-17-15-18-24-31)32-25-19-16-20-26-32)22-21-27-34(46-47(13,14)38(5,6)7)35-33(43-40(11,12)44-35)28-29-42-36(41)37(2,3)4/h15-21,23-27,30,33-35H,22,28-29H2,1-14H3/b27-21-/t30?,33-,34?,35-/m0/s1. The van der Waals surface area contributed by atoms with Gasteiger partial charge in [0.1, 0.15) is 6.10 Å². The van der Waals surface area contributed by atoms with Crippen LogP contribution in [0.5, 0.6) is 0 Å². The van der Waals surface area contributed by atoms with Crippen molar-refractivity contribution in [2.45, 2.75) is 149 Å². The zero-order chi connectivity index (χ0) is 36.2. The molecule has 8 heteroatoms. The molecular weight excluding hydrogens is 633 g/mol. The zero-order valence-electron chi connectivity index (χ0n) is 32.3. The molecule has 0 aliphatic carbocycles. The highest BCUT2D eigenvalue weighted by Gasteiger charge is 2.51. The molecular formula is C40H64O6Si2. The molecule has 0 aromatic heterocycles. The maximum absolute atomic E-state index is 12.5. The Labute approximate surface area is 294 Å². The second-order valence-corrected chi connectivity index (χ2v) is 26.4. The molecule has 48 heavy (non-hydrogen) atoms. The third kappa shape index (κ3) is 10.0. The third-order valence-electron chi connectivity index (χ3n) is 9.62. The van der Waals surface area contributed by atoms with Crippen LogP contribution in [0.1, 0.15) is 95.9 Å². The van der Waals surface area contributed by atoms with Gasteiger partial charge in [-0.15, -0.1) is 0 Å². The van der Waals surface area contributed by atoms with Crippen LogP contribution in [-0.4, -0.2) is 59.4 Å². The summed E-state index contributed by atoms with van der Waals surface area (Å²) < 4.78 is 33.0. The van der Waals surface area contributed by atoms with Crippen LogP contribution >= 0.6 is 0 Å². The predicted molar refractivity (Wildman–Crippen MR) is 203 cm³/mol. The molecule has 4 atom stereocenters. The van der Waals surface area contributed by atoms with Crippen molar-refractivity contribution in [1.29, 1.82) is 0 Å². The minimum absolute atomic E-state index is 0.00544. The normalized spacial score (nSPS) is 20.5. The summed E-state index contributed by atoms with van der Waals surface area (Å²) in [7, 11) is -4.90. The molecule has 0 amide bonds. The van der Waals surface area contributed by atoms with Gasteiger partial charge in [0, 0.05) is 12.5 Å². The molecule has 2 unspecified atom stereocenters. The van der Waals surface area contributed by atoms with Gasteiger partial charge in [-0.25, -0.2) is 0 Å². The summed E-state index contributed by atoms with van der Waals surface area (Å²) in [6, 6.07) is 21.5. The second-order valence-electron chi connectivity index (χ2n) is 17.4. The maximum Gasteiger partial charge on any atom is 0.311 e. The van der Waals surface area contributed by atoms with E-state index in [9.17, 15) is 4.79 Å². The second kappa shape index (κ2) is 15.4. The summed E-state index contributed by atoms with van der Waals surface area (Å²) >= 11 is 0. The summed E-state index contributed by atoms with van der Waals surface area (Å²) in [6.45, 7) is 30.1. The number of rotatable bonds is 13. The number of hydrogen-bond acceptors (Lipinski definition) is 6. The third-order valence-corrected chi connectivity index (χ3v) is 19.3. The van der Waals surface area contributed by atoms with Gasteiger partial charge in [-0.2, -0.15) is 0 Å². The fourth-order valence-electron chi connectivity index (χ4n) is 6.03. The van der Waals surface area contributed by atoms with E-state index in [1.807, 2.05) is 34.6 Å². The Kier molecular flexibility index (Phi) is 13.0. The number of benzene rings is 2. The summed E-state index contributed by atoms with van der Waals surface area (Å²) in [5, 5.41) is 2.44. The molecule has 0 saturated carbocycles. The molecule has 1 aliphatic rings.